The van der Waals surface area contributed by atoms with Gasteiger partial charge in [0.15, 0.2) is 0 Å². The Bertz CT molecular complexity index is 228. The summed E-state index contributed by atoms with van der Waals surface area (Å²) in [6, 6.07) is -0.190. The van der Waals surface area contributed by atoms with E-state index in [-0.39, 0.29) is 16.8 Å². The highest BCUT2D eigenvalue weighted by Crippen LogP contribution is 2.40. The molecule has 1 aliphatic rings. The standard InChI is InChI=1S/C10H19NO2S/c1-6(2)8-11-7(9(12)13-5)10(3,4)14-8/h6-8,11H,1-5H3. The lowest BCUT2D eigenvalue weighted by molar-refractivity contribution is -0.143. The molecule has 1 N–H and O–H groups in total. The van der Waals surface area contributed by atoms with Gasteiger partial charge in [0, 0.05) is 4.75 Å². The maximum absolute atomic E-state index is 11.5. The minimum atomic E-state index is -0.190. The van der Waals surface area contributed by atoms with E-state index >= 15 is 0 Å². The van der Waals surface area contributed by atoms with Crippen LogP contribution in [-0.2, 0) is 9.53 Å². The Labute approximate surface area is 90.0 Å². The first kappa shape index (κ1) is 11.9. The summed E-state index contributed by atoms with van der Waals surface area (Å²) in [4.78, 5) is 11.5. The van der Waals surface area contributed by atoms with Crippen LogP contribution in [-0.4, -0.2) is 29.2 Å². The van der Waals surface area contributed by atoms with E-state index in [1.807, 2.05) is 11.8 Å². The molecule has 0 aromatic rings. The fourth-order valence-corrected chi connectivity index (χ4v) is 3.02. The monoisotopic (exact) mass is 217 g/mol. The van der Waals surface area contributed by atoms with Crippen molar-refractivity contribution >= 4 is 17.7 Å². The Kier molecular flexibility index (Phi) is 3.48. The van der Waals surface area contributed by atoms with Gasteiger partial charge in [-0.05, 0) is 19.8 Å². The van der Waals surface area contributed by atoms with Crippen molar-refractivity contribution in [3.05, 3.63) is 0 Å². The Balaban J connectivity index is 2.74. The molecule has 2 atom stereocenters. The van der Waals surface area contributed by atoms with Gasteiger partial charge in [-0.3, -0.25) is 10.1 Å². The van der Waals surface area contributed by atoms with Crippen molar-refractivity contribution in [1.82, 2.24) is 5.32 Å². The van der Waals surface area contributed by atoms with Gasteiger partial charge in [-0.1, -0.05) is 13.8 Å². The van der Waals surface area contributed by atoms with Gasteiger partial charge in [0.05, 0.1) is 12.5 Å². The number of hydrogen-bond acceptors (Lipinski definition) is 4. The van der Waals surface area contributed by atoms with E-state index in [0.717, 1.165) is 0 Å². The molecule has 0 aliphatic carbocycles. The second kappa shape index (κ2) is 4.11. The van der Waals surface area contributed by atoms with E-state index in [2.05, 4.69) is 33.0 Å². The summed E-state index contributed by atoms with van der Waals surface area (Å²) in [5, 5.41) is 3.66. The Morgan fingerprint density at radius 1 is 1.50 bits per heavy atom. The summed E-state index contributed by atoms with van der Waals surface area (Å²) in [5.74, 6) is 0.361. The van der Waals surface area contributed by atoms with E-state index in [0.29, 0.717) is 11.3 Å². The number of ether oxygens (including phenoxy) is 1. The largest absolute Gasteiger partial charge is 0.468 e. The summed E-state index contributed by atoms with van der Waals surface area (Å²) in [5.41, 5.74) is 0. The molecule has 1 rings (SSSR count). The molecule has 1 heterocycles. The van der Waals surface area contributed by atoms with Crippen LogP contribution in [0.2, 0.25) is 0 Å². The number of rotatable bonds is 2. The van der Waals surface area contributed by atoms with Crippen molar-refractivity contribution in [2.24, 2.45) is 5.92 Å². The second-order valence-electron chi connectivity index (χ2n) is 4.51. The van der Waals surface area contributed by atoms with Crippen LogP contribution in [0.15, 0.2) is 0 Å². The van der Waals surface area contributed by atoms with Crippen molar-refractivity contribution in [3.63, 3.8) is 0 Å². The number of nitrogens with one attached hydrogen (secondary N) is 1. The molecule has 0 aromatic heterocycles. The summed E-state index contributed by atoms with van der Waals surface area (Å²) >= 11 is 1.82. The van der Waals surface area contributed by atoms with Crippen LogP contribution in [0.5, 0.6) is 0 Å². The Hall–Kier alpha value is -0.220. The van der Waals surface area contributed by atoms with Crippen LogP contribution >= 0.6 is 11.8 Å². The topological polar surface area (TPSA) is 38.3 Å². The zero-order chi connectivity index (χ0) is 10.9. The first-order valence-corrected chi connectivity index (χ1v) is 5.78. The van der Waals surface area contributed by atoms with Crippen LogP contribution in [0.1, 0.15) is 27.7 Å². The minimum absolute atomic E-state index is 0.0813. The molecular weight excluding hydrogens is 198 g/mol. The van der Waals surface area contributed by atoms with Crippen molar-refractivity contribution < 1.29 is 9.53 Å². The quantitative estimate of drug-likeness (QED) is 0.713. The number of hydrogen-bond donors (Lipinski definition) is 1. The zero-order valence-corrected chi connectivity index (χ0v) is 10.3. The average Bonchev–Trinajstić information content (AvgIpc) is 2.40. The maximum atomic E-state index is 11.5. The molecule has 14 heavy (non-hydrogen) atoms. The molecule has 0 aromatic carbocycles. The lowest BCUT2D eigenvalue weighted by Gasteiger charge is -2.22. The van der Waals surface area contributed by atoms with E-state index in [1.54, 1.807) is 0 Å². The number of methoxy groups -OCH3 is 1. The van der Waals surface area contributed by atoms with Gasteiger partial charge >= 0.3 is 5.97 Å². The Morgan fingerprint density at radius 2 is 2.07 bits per heavy atom. The van der Waals surface area contributed by atoms with Crippen molar-refractivity contribution in [2.45, 2.75) is 43.9 Å². The fraction of sp³-hybridized carbons (Fsp3) is 0.900. The first-order chi connectivity index (χ1) is 6.38. The number of esters is 1. The predicted octanol–water partition coefficient (Wildman–Crippen LogP) is 1.63. The molecule has 2 unspecified atom stereocenters. The van der Waals surface area contributed by atoms with E-state index in [4.69, 9.17) is 4.74 Å². The van der Waals surface area contributed by atoms with Gasteiger partial charge in [0.1, 0.15) is 6.04 Å². The maximum Gasteiger partial charge on any atom is 0.324 e. The van der Waals surface area contributed by atoms with Gasteiger partial charge < -0.3 is 4.74 Å². The number of carbonyl (C=O) groups is 1. The normalized spacial score (nSPS) is 30.7. The van der Waals surface area contributed by atoms with E-state index in [9.17, 15) is 4.79 Å². The lowest BCUT2D eigenvalue weighted by Crippen LogP contribution is -2.46. The summed E-state index contributed by atoms with van der Waals surface area (Å²) in [6.45, 7) is 8.46. The highest BCUT2D eigenvalue weighted by Gasteiger charge is 2.46. The Morgan fingerprint density at radius 3 is 2.43 bits per heavy atom. The van der Waals surface area contributed by atoms with Crippen molar-refractivity contribution in [3.8, 4) is 0 Å². The molecule has 0 bridgehead atoms. The van der Waals surface area contributed by atoms with Crippen LogP contribution < -0.4 is 5.32 Å². The predicted molar refractivity (Wildman–Crippen MR) is 59.2 cm³/mol. The van der Waals surface area contributed by atoms with Gasteiger partial charge in [0.2, 0.25) is 0 Å². The van der Waals surface area contributed by atoms with Crippen LogP contribution in [0.3, 0.4) is 0 Å². The number of carbonyl (C=O) groups excluding carboxylic acids is 1. The highest BCUT2D eigenvalue weighted by atomic mass is 32.2. The van der Waals surface area contributed by atoms with Crippen LogP contribution in [0.4, 0.5) is 0 Å². The first-order valence-electron chi connectivity index (χ1n) is 4.90. The SMILES string of the molecule is COC(=O)C1NC(C(C)C)SC1(C)C. The molecule has 1 aliphatic heterocycles. The smallest absolute Gasteiger partial charge is 0.324 e. The van der Waals surface area contributed by atoms with E-state index in [1.165, 1.54) is 7.11 Å². The third kappa shape index (κ3) is 2.23. The van der Waals surface area contributed by atoms with Crippen molar-refractivity contribution in [2.75, 3.05) is 7.11 Å². The van der Waals surface area contributed by atoms with Gasteiger partial charge in [-0.2, -0.15) is 0 Å². The lowest BCUT2D eigenvalue weighted by atomic mass is 10.0. The summed E-state index contributed by atoms with van der Waals surface area (Å²) in [7, 11) is 1.44. The molecule has 0 amide bonds. The molecule has 1 fully saturated rings. The second-order valence-corrected chi connectivity index (χ2v) is 6.30. The van der Waals surface area contributed by atoms with Crippen molar-refractivity contribution in [1.29, 1.82) is 0 Å². The molecule has 1 saturated heterocycles. The molecule has 0 spiro atoms. The molecule has 3 nitrogen and oxygen atoms in total. The average molecular weight is 217 g/mol. The molecule has 0 radical (unpaired) electrons. The van der Waals surface area contributed by atoms with Gasteiger partial charge in [-0.25, -0.2) is 0 Å². The molecular formula is C10H19NO2S. The third-order valence-electron chi connectivity index (χ3n) is 2.50. The van der Waals surface area contributed by atoms with Crippen LogP contribution in [0, 0.1) is 5.92 Å². The van der Waals surface area contributed by atoms with E-state index < -0.39 is 0 Å². The van der Waals surface area contributed by atoms with Gasteiger partial charge in [-0.15, -0.1) is 11.8 Å². The minimum Gasteiger partial charge on any atom is -0.468 e. The molecule has 0 saturated carbocycles. The highest BCUT2D eigenvalue weighted by molar-refractivity contribution is 8.01. The summed E-state index contributed by atoms with van der Waals surface area (Å²) < 4.78 is 4.70. The zero-order valence-electron chi connectivity index (χ0n) is 9.46. The van der Waals surface area contributed by atoms with Gasteiger partial charge in [0.25, 0.3) is 0 Å². The third-order valence-corrected chi connectivity index (χ3v) is 4.28. The molecule has 4 heteroatoms. The number of thioether (sulfide) groups is 1. The fourth-order valence-electron chi connectivity index (χ4n) is 1.59. The summed E-state index contributed by atoms with van der Waals surface area (Å²) in [6.07, 6.45) is 0. The molecule has 82 valence electrons. The van der Waals surface area contributed by atoms with Crippen LogP contribution in [0.25, 0.3) is 0 Å².